The number of methoxy groups -OCH3 is 1. The van der Waals surface area contributed by atoms with Crippen LogP contribution >= 0.6 is 11.3 Å². The van der Waals surface area contributed by atoms with Crippen molar-refractivity contribution in [3.8, 4) is 0 Å². The van der Waals surface area contributed by atoms with Crippen molar-refractivity contribution in [2.24, 2.45) is 0 Å². The van der Waals surface area contributed by atoms with Crippen molar-refractivity contribution in [1.82, 2.24) is 9.88 Å². The van der Waals surface area contributed by atoms with Crippen LogP contribution in [-0.2, 0) is 27.3 Å². The van der Waals surface area contributed by atoms with Gasteiger partial charge in [0.2, 0.25) is 5.91 Å². The van der Waals surface area contributed by atoms with Crippen molar-refractivity contribution in [1.29, 1.82) is 0 Å². The number of amides is 1. The summed E-state index contributed by atoms with van der Waals surface area (Å²) in [6.07, 6.45) is 0.794. The van der Waals surface area contributed by atoms with Gasteiger partial charge in [-0.2, -0.15) is 0 Å². The Morgan fingerprint density at radius 3 is 3.00 bits per heavy atom. The van der Waals surface area contributed by atoms with E-state index in [0.717, 1.165) is 23.5 Å². The zero-order valence-corrected chi connectivity index (χ0v) is 11.2. The van der Waals surface area contributed by atoms with E-state index in [0.29, 0.717) is 18.2 Å². The summed E-state index contributed by atoms with van der Waals surface area (Å²) < 4.78 is 4.65. The first-order valence-corrected chi connectivity index (χ1v) is 6.45. The van der Waals surface area contributed by atoms with Crippen molar-refractivity contribution in [3.63, 3.8) is 0 Å². The quantitative estimate of drug-likeness (QED) is 0.815. The predicted molar refractivity (Wildman–Crippen MR) is 67.4 cm³/mol. The van der Waals surface area contributed by atoms with Gasteiger partial charge in [-0.15, -0.1) is 11.3 Å². The zero-order valence-electron chi connectivity index (χ0n) is 10.4. The van der Waals surface area contributed by atoms with Crippen molar-refractivity contribution in [3.05, 3.63) is 10.6 Å². The molecule has 18 heavy (non-hydrogen) atoms. The lowest BCUT2D eigenvalue weighted by Gasteiger charge is -2.24. The summed E-state index contributed by atoms with van der Waals surface area (Å²) >= 11 is 1.47. The van der Waals surface area contributed by atoms with Crippen LogP contribution in [0.1, 0.15) is 17.5 Å². The molecule has 0 spiro atoms. The molecule has 1 amide bonds. The largest absolute Gasteiger partial charge is 0.468 e. The van der Waals surface area contributed by atoms with Gasteiger partial charge >= 0.3 is 5.97 Å². The first-order chi connectivity index (χ1) is 8.58. The number of carbonyl (C=O) groups is 2. The molecule has 0 fully saturated rings. The number of nitrogens with zero attached hydrogens (tertiary/aromatic N) is 2. The highest BCUT2D eigenvalue weighted by Crippen LogP contribution is 2.28. The average molecular weight is 269 g/mol. The lowest BCUT2D eigenvalue weighted by Crippen LogP contribution is -2.34. The van der Waals surface area contributed by atoms with Crippen molar-refractivity contribution < 1.29 is 14.3 Å². The van der Waals surface area contributed by atoms with Gasteiger partial charge in [-0.05, 0) is 0 Å². The van der Waals surface area contributed by atoms with Crippen LogP contribution in [0.3, 0.4) is 0 Å². The first kappa shape index (κ1) is 13.0. The number of carbonyl (C=O) groups excluding carboxylic acids is 2. The fourth-order valence-electron chi connectivity index (χ4n) is 1.83. The van der Waals surface area contributed by atoms with E-state index in [1.807, 2.05) is 4.90 Å². The molecule has 2 rings (SSSR count). The van der Waals surface area contributed by atoms with Gasteiger partial charge in [0.05, 0.1) is 19.3 Å². The lowest BCUT2D eigenvalue weighted by atomic mass is 10.2. The lowest BCUT2D eigenvalue weighted by molar-refractivity contribution is -0.142. The number of aromatic nitrogens is 1. The highest BCUT2D eigenvalue weighted by molar-refractivity contribution is 7.15. The van der Waals surface area contributed by atoms with E-state index in [9.17, 15) is 9.59 Å². The number of esters is 1. The minimum atomic E-state index is -0.231. The number of rotatable bonds is 3. The molecule has 98 valence electrons. The minimum absolute atomic E-state index is 0.118. The molecular formula is C11H15N3O3S. The van der Waals surface area contributed by atoms with Gasteiger partial charge in [0.15, 0.2) is 5.13 Å². The molecule has 0 atom stereocenters. The summed E-state index contributed by atoms with van der Waals surface area (Å²) in [5, 5.41) is 3.32. The van der Waals surface area contributed by atoms with Gasteiger partial charge in [-0.3, -0.25) is 14.5 Å². The predicted octanol–water partition coefficient (Wildman–Crippen LogP) is 0.633. The van der Waals surface area contributed by atoms with E-state index in [1.165, 1.54) is 25.4 Å². The maximum atomic E-state index is 11.2. The van der Waals surface area contributed by atoms with Crippen molar-refractivity contribution in [2.45, 2.75) is 19.9 Å². The Morgan fingerprint density at radius 1 is 1.56 bits per heavy atom. The van der Waals surface area contributed by atoms with Crippen LogP contribution in [0, 0.1) is 0 Å². The summed E-state index contributed by atoms with van der Waals surface area (Å²) in [5.74, 6) is -0.349. The van der Waals surface area contributed by atoms with E-state index in [1.54, 1.807) is 0 Å². The number of hydrogen-bond donors (Lipinski definition) is 1. The zero-order chi connectivity index (χ0) is 13.1. The molecule has 0 radical (unpaired) electrons. The normalized spacial score (nSPS) is 15.0. The average Bonchev–Trinajstić information content (AvgIpc) is 2.69. The fraction of sp³-hybridized carbons (Fsp3) is 0.545. The second-order valence-electron chi connectivity index (χ2n) is 4.11. The molecular weight excluding hydrogens is 254 g/mol. The van der Waals surface area contributed by atoms with Crippen LogP contribution < -0.4 is 5.32 Å². The Kier molecular flexibility index (Phi) is 3.93. The monoisotopic (exact) mass is 269 g/mol. The van der Waals surface area contributed by atoms with Crippen LogP contribution in [0.5, 0.6) is 0 Å². The third-order valence-corrected chi connectivity index (χ3v) is 3.67. The molecule has 0 saturated heterocycles. The molecule has 0 aromatic carbocycles. The molecule has 1 N–H and O–H groups in total. The maximum Gasteiger partial charge on any atom is 0.319 e. The molecule has 2 heterocycles. The van der Waals surface area contributed by atoms with Crippen LogP contribution in [0.25, 0.3) is 0 Å². The first-order valence-electron chi connectivity index (χ1n) is 5.64. The van der Waals surface area contributed by atoms with Gasteiger partial charge in [0.1, 0.15) is 0 Å². The number of fused-ring (bicyclic) bond motifs is 1. The molecule has 0 unspecified atom stereocenters. The number of hydrogen-bond acceptors (Lipinski definition) is 6. The standard InChI is InChI=1S/C11H15N3O3S/c1-7(15)12-11-13-8-3-4-14(5-9(8)18-11)6-10(16)17-2/h3-6H2,1-2H3,(H,12,13,15). The van der Waals surface area contributed by atoms with Gasteiger partial charge < -0.3 is 10.1 Å². The summed E-state index contributed by atoms with van der Waals surface area (Å²) in [7, 11) is 1.39. The molecule has 1 aromatic heterocycles. The molecule has 1 aliphatic heterocycles. The Balaban J connectivity index is 2.02. The molecule has 0 aliphatic carbocycles. The van der Waals surface area contributed by atoms with Gasteiger partial charge in [0.25, 0.3) is 0 Å². The second kappa shape index (κ2) is 5.45. The molecule has 6 nitrogen and oxygen atoms in total. The summed E-state index contributed by atoms with van der Waals surface area (Å²) in [6, 6.07) is 0. The van der Waals surface area contributed by atoms with Crippen LogP contribution in [0.2, 0.25) is 0 Å². The molecule has 0 bridgehead atoms. The Morgan fingerprint density at radius 2 is 2.33 bits per heavy atom. The third kappa shape index (κ3) is 3.05. The Labute approximate surface area is 109 Å². The highest BCUT2D eigenvalue weighted by Gasteiger charge is 2.22. The van der Waals surface area contributed by atoms with E-state index in [2.05, 4.69) is 15.0 Å². The van der Waals surface area contributed by atoms with Crippen molar-refractivity contribution in [2.75, 3.05) is 25.5 Å². The van der Waals surface area contributed by atoms with Gasteiger partial charge in [-0.1, -0.05) is 0 Å². The van der Waals surface area contributed by atoms with Crippen molar-refractivity contribution >= 4 is 28.3 Å². The number of nitrogens with one attached hydrogen (secondary N) is 1. The topological polar surface area (TPSA) is 71.5 Å². The number of ether oxygens (including phenoxy) is 1. The van der Waals surface area contributed by atoms with E-state index < -0.39 is 0 Å². The third-order valence-electron chi connectivity index (χ3n) is 2.67. The smallest absolute Gasteiger partial charge is 0.319 e. The van der Waals surface area contributed by atoms with Gasteiger partial charge in [-0.25, -0.2) is 4.98 Å². The number of thiazole rings is 1. The molecule has 1 aromatic rings. The second-order valence-corrected chi connectivity index (χ2v) is 5.19. The Bertz CT molecular complexity index is 472. The summed E-state index contributed by atoms with van der Waals surface area (Å²) in [4.78, 5) is 29.7. The highest BCUT2D eigenvalue weighted by atomic mass is 32.1. The SMILES string of the molecule is COC(=O)CN1CCc2nc(NC(C)=O)sc2C1. The fourth-order valence-corrected chi connectivity index (χ4v) is 2.93. The maximum absolute atomic E-state index is 11.2. The molecule has 1 aliphatic rings. The van der Waals surface area contributed by atoms with Gasteiger partial charge in [0, 0.05) is 31.3 Å². The minimum Gasteiger partial charge on any atom is -0.468 e. The van der Waals surface area contributed by atoms with Crippen LogP contribution in [0.15, 0.2) is 0 Å². The van der Waals surface area contributed by atoms with E-state index in [-0.39, 0.29) is 11.9 Å². The Hall–Kier alpha value is -1.47. The number of anilines is 1. The van der Waals surface area contributed by atoms with E-state index in [4.69, 9.17) is 0 Å². The summed E-state index contributed by atoms with van der Waals surface area (Å²) in [5.41, 5.74) is 1.02. The molecule has 7 heteroatoms. The molecule has 0 saturated carbocycles. The van der Waals surface area contributed by atoms with E-state index >= 15 is 0 Å². The van der Waals surface area contributed by atoms with Crippen LogP contribution in [-0.4, -0.2) is 42.0 Å². The summed E-state index contributed by atoms with van der Waals surface area (Å²) in [6.45, 7) is 3.22. The van der Waals surface area contributed by atoms with Crippen LogP contribution in [0.4, 0.5) is 5.13 Å².